The summed E-state index contributed by atoms with van der Waals surface area (Å²) >= 11 is 0. The highest BCUT2D eigenvalue weighted by Gasteiger charge is 2.22. The first-order chi connectivity index (χ1) is 13.7. The fourth-order valence-corrected chi connectivity index (χ4v) is 2.64. The van der Waals surface area contributed by atoms with Crippen LogP contribution in [0.3, 0.4) is 0 Å². The number of methoxy groups -OCH3 is 1. The maximum Gasteiger partial charge on any atom is 0.345 e. The van der Waals surface area contributed by atoms with E-state index < -0.39 is 5.97 Å². The van der Waals surface area contributed by atoms with Gasteiger partial charge in [0, 0.05) is 12.1 Å². The highest BCUT2D eigenvalue weighted by molar-refractivity contribution is 5.96. The lowest BCUT2D eigenvalue weighted by Gasteiger charge is -2.16. The molecule has 0 unspecified atom stereocenters. The molecular formula is C22H21NO5. The molecule has 0 spiro atoms. The molecule has 0 saturated heterocycles. The summed E-state index contributed by atoms with van der Waals surface area (Å²) in [6.45, 7) is 0.609. The van der Waals surface area contributed by atoms with Crippen molar-refractivity contribution in [3.05, 3.63) is 89.5 Å². The Morgan fingerprint density at radius 1 is 0.821 bits per heavy atom. The topological polar surface area (TPSA) is 80.0 Å². The normalized spacial score (nSPS) is 10.2. The van der Waals surface area contributed by atoms with Gasteiger partial charge in [-0.3, -0.25) is 0 Å². The molecule has 0 atom stereocenters. The molecule has 3 aromatic rings. The Labute approximate surface area is 163 Å². The summed E-state index contributed by atoms with van der Waals surface area (Å²) in [5.41, 5.74) is 2.05. The first-order valence-electron chi connectivity index (χ1n) is 8.68. The summed E-state index contributed by atoms with van der Waals surface area (Å²) in [6, 6.07) is 22.5. The van der Waals surface area contributed by atoms with Gasteiger partial charge in [-0.2, -0.15) is 5.90 Å². The van der Waals surface area contributed by atoms with Crippen LogP contribution in [0, 0.1) is 0 Å². The molecule has 6 heteroatoms. The lowest BCUT2D eigenvalue weighted by Crippen LogP contribution is -2.12. The lowest BCUT2D eigenvalue weighted by molar-refractivity contribution is 0.0590. The summed E-state index contributed by atoms with van der Waals surface area (Å²) in [7, 11) is 1.28. The number of hydrogen-bond donors (Lipinski definition) is 1. The molecule has 0 aliphatic rings. The average molecular weight is 379 g/mol. The van der Waals surface area contributed by atoms with Crippen LogP contribution < -0.4 is 20.2 Å². The highest BCUT2D eigenvalue weighted by Crippen LogP contribution is 2.35. The van der Waals surface area contributed by atoms with Crippen molar-refractivity contribution < 1.29 is 23.8 Å². The van der Waals surface area contributed by atoms with Gasteiger partial charge in [0.1, 0.15) is 30.3 Å². The van der Waals surface area contributed by atoms with E-state index >= 15 is 0 Å². The first kappa shape index (κ1) is 19.3. The molecule has 0 aliphatic heterocycles. The summed E-state index contributed by atoms with van der Waals surface area (Å²) in [6.07, 6.45) is 0. The standard InChI is InChI=1S/C22H21NO5/c1-25-22(24)21-19(27-15-17-10-6-3-7-11-17)12-18(13-20(21)28-23)26-14-16-8-4-2-5-9-16/h2-13H,14-15,23H2,1H3. The summed E-state index contributed by atoms with van der Waals surface area (Å²) in [4.78, 5) is 17.1. The molecule has 0 radical (unpaired) electrons. The van der Waals surface area contributed by atoms with E-state index in [4.69, 9.17) is 24.9 Å². The zero-order valence-corrected chi connectivity index (χ0v) is 15.5. The van der Waals surface area contributed by atoms with Crippen molar-refractivity contribution in [2.75, 3.05) is 7.11 Å². The molecule has 0 heterocycles. The molecule has 28 heavy (non-hydrogen) atoms. The van der Waals surface area contributed by atoms with Crippen molar-refractivity contribution in [2.24, 2.45) is 5.90 Å². The van der Waals surface area contributed by atoms with E-state index in [-0.39, 0.29) is 23.7 Å². The van der Waals surface area contributed by atoms with E-state index in [0.29, 0.717) is 12.4 Å². The summed E-state index contributed by atoms with van der Waals surface area (Å²) in [5, 5.41) is 0. The number of nitrogens with two attached hydrogens (primary N) is 1. The third kappa shape index (κ3) is 4.81. The maximum absolute atomic E-state index is 12.2. The number of hydrogen-bond acceptors (Lipinski definition) is 6. The van der Waals surface area contributed by atoms with Gasteiger partial charge < -0.3 is 19.0 Å². The van der Waals surface area contributed by atoms with E-state index in [1.165, 1.54) is 13.2 Å². The average Bonchev–Trinajstić information content (AvgIpc) is 2.76. The second kappa shape index (κ2) is 9.43. The molecule has 0 amide bonds. The number of ether oxygens (including phenoxy) is 3. The van der Waals surface area contributed by atoms with Crippen LogP contribution in [-0.4, -0.2) is 13.1 Å². The van der Waals surface area contributed by atoms with Gasteiger partial charge in [-0.25, -0.2) is 4.79 Å². The predicted octanol–water partition coefficient (Wildman–Crippen LogP) is 3.88. The second-order valence-electron chi connectivity index (χ2n) is 5.95. The number of rotatable bonds is 8. The molecule has 2 N–H and O–H groups in total. The SMILES string of the molecule is COC(=O)c1c(ON)cc(OCc2ccccc2)cc1OCc1ccccc1. The number of carbonyl (C=O) groups excluding carboxylic acids is 1. The zero-order chi connectivity index (χ0) is 19.8. The van der Waals surface area contributed by atoms with Gasteiger partial charge in [-0.1, -0.05) is 60.7 Å². The number of benzene rings is 3. The molecule has 0 saturated carbocycles. The van der Waals surface area contributed by atoms with Crippen LogP contribution in [-0.2, 0) is 18.0 Å². The Morgan fingerprint density at radius 2 is 1.36 bits per heavy atom. The van der Waals surface area contributed by atoms with Crippen molar-refractivity contribution in [1.82, 2.24) is 0 Å². The van der Waals surface area contributed by atoms with E-state index in [2.05, 4.69) is 0 Å². The highest BCUT2D eigenvalue weighted by atomic mass is 16.6. The van der Waals surface area contributed by atoms with Crippen molar-refractivity contribution in [1.29, 1.82) is 0 Å². The molecular weight excluding hydrogens is 358 g/mol. The molecule has 0 aromatic heterocycles. The largest absolute Gasteiger partial charge is 0.489 e. The van der Waals surface area contributed by atoms with E-state index in [1.807, 2.05) is 60.7 Å². The smallest absolute Gasteiger partial charge is 0.345 e. The molecule has 3 aromatic carbocycles. The molecule has 0 fully saturated rings. The van der Waals surface area contributed by atoms with Crippen molar-refractivity contribution in [2.45, 2.75) is 13.2 Å². The summed E-state index contributed by atoms with van der Waals surface area (Å²) < 4.78 is 16.5. The van der Waals surface area contributed by atoms with Crippen LogP contribution in [0.15, 0.2) is 72.8 Å². The van der Waals surface area contributed by atoms with Crippen LogP contribution in [0.25, 0.3) is 0 Å². The molecule has 144 valence electrons. The zero-order valence-electron chi connectivity index (χ0n) is 15.5. The van der Waals surface area contributed by atoms with E-state index in [9.17, 15) is 4.79 Å². The van der Waals surface area contributed by atoms with E-state index in [0.717, 1.165) is 11.1 Å². The van der Waals surface area contributed by atoms with Crippen LogP contribution in [0.1, 0.15) is 21.5 Å². The molecule has 3 rings (SSSR count). The Kier molecular flexibility index (Phi) is 6.49. The third-order valence-electron chi connectivity index (χ3n) is 4.04. The van der Waals surface area contributed by atoms with Gasteiger partial charge in [0.05, 0.1) is 7.11 Å². The van der Waals surface area contributed by atoms with Gasteiger partial charge >= 0.3 is 5.97 Å². The van der Waals surface area contributed by atoms with Crippen LogP contribution in [0.5, 0.6) is 17.2 Å². The Balaban J connectivity index is 1.87. The second-order valence-corrected chi connectivity index (χ2v) is 5.95. The van der Waals surface area contributed by atoms with Gasteiger partial charge in [-0.15, -0.1) is 0 Å². The van der Waals surface area contributed by atoms with Crippen molar-refractivity contribution >= 4 is 5.97 Å². The van der Waals surface area contributed by atoms with Crippen LogP contribution in [0.4, 0.5) is 0 Å². The third-order valence-corrected chi connectivity index (χ3v) is 4.04. The fraction of sp³-hybridized carbons (Fsp3) is 0.136. The first-order valence-corrected chi connectivity index (χ1v) is 8.68. The van der Waals surface area contributed by atoms with Crippen molar-refractivity contribution in [3.63, 3.8) is 0 Å². The number of esters is 1. The van der Waals surface area contributed by atoms with Gasteiger partial charge in [-0.05, 0) is 11.1 Å². The lowest BCUT2D eigenvalue weighted by atomic mass is 10.1. The maximum atomic E-state index is 12.2. The summed E-state index contributed by atoms with van der Waals surface area (Å²) in [5.74, 6) is 5.60. The fourth-order valence-electron chi connectivity index (χ4n) is 2.64. The monoisotopic (exact) mass is 379 g/mol. The molecule has 0 bridgehead atoms. The van der Waals surface area contributed by atoms with Gasteiger partial charge in [0.2, 0.25) is 0 Å². The minimum Gasteiger partial charge on any atom is -0.489 e. The minimum absolute atomic E-state index is 0.105. The Hall–Kier alpha value is -3.51. The minimum atomic E-state index is -0.613. The Bertz CT molecular complexity index is 913. The predicted molar refractivity (Wildman–Crippen MR) is 104 cm³/mol. The van der Waals surface area contributed by atoms with Gasteiger partial charge in [0.25, 0.3) is 0 Å². The van der Waals surface area contributed by atoms with Crippen LogP contribution in [0.2, 0.25) is 0 Å². The van der Waals surface area contributed by atoms with Crippen LogP contribution >= 0.6 is 0 Å². The number of carbonyl (C=O) groups is 1. The van der Waals surface area contributed by atoms with Crippen molar-refractivity contribution in [3.8, 4) is 17.2 Å². The van der Waals surface area contributed by atoms with Gasteiger partial charge in [0.15, 0.2) is 5.75 Å². The Morgan fingerprint density at radius 3 is 1.89 bits per heavy atom. The van der Waals surface area contributed by atoms with E-state index in [1.54, 1.807) is 6.07 Å². The molecule has 6 nitrogen and oxygen atoms in total. The molecule has 0 aliphatic carbocycles. The quantitative estimate of drug-likeness (QED) is 0.473.